The molecule has 0 saturated heterocycles. The SMILES string of the molecule is CCCC1CCC2CC(COC3CCC(c4ccc(COc5ccc(OCC)c(F)c5F)cc4)CC3)CCC2C1. The van der Waals surface area contributed by atoms with Crippen LogP contribution in [0.2, 0.25) is 0 Å². The van der Waals surface area contributed by atoms with Gasteiger partial charge in [0.2, 0.25) is 11.6 Å². The van der Waals surface area contributed by atoms with Crippen LogP contribution in [0.25, 0.3) is 0 Å². The molecule has 0 bridgehead atoms. The van der Waals surface area contributed by atoms with Crippen molar-refractivity contribution >= 4 is 0 Å². The lowest BCUT2D eigenvalue weighted by atomic mass is 9.64. The lowest BCUT2D eigenvalue weighted by molar-refractivity contribution is -0.0183. The molecule has 220 valence electrons. The molecule has 3 nitrogen and oxygen atoms in total. The van der Waals surface area contributed by atoms with Crippen LogP contribution >= 0.6 is 0 Å². The molecule has 40 heavy (non-hydrogen) atoms. The average molecular weight is 555 g/mol. The standard InChI is InChI=1S/C35H48F2O3/c1-3-5-24-6-12-30-21-26(9-13-29(30)20-24)23-39-31-16-14-28(15-17-31)27-10-7-25(8-11-27)22-40-33-19-18-32(38-4-2)34(36)35(33)37/h7-8,10-11,18-19,24,26,28-31H,3-6,9,12-17,20-23H2,1-2H3. The Morgan fingerprint density at radius 1 is 0.700 bits per heavy atom. The van der Waals surface area contributed by atoms with Gasteiger partial charge in [0.1, 0.15) is 6.61 Å². The fraction of sp³-hybridized carbons (Fsp3) is 0.657. The normalized spacial score (nSPS) is 28.6. The number of rotatable bonds is 11. The van der Waals surface area contributed by atoms with Crippen molar-refractivity contribution in [1.82, 2.24) is 0 Å². The first kappa shape index (κ1) is 29.4. The molecule has 0 amide bonds. The van der Waals surface area contributed by atoms with E-state index >= 15 is 0 Å². The van der Waals surface area contributed by atoms with Crippen molar-refractivity contribution in [2.45, 2.75) is 110 Å². The molecule has 2 aromatic carbocycles. The minimum atomic E-state index is -1.01. The van der Waals surface area contributed by atoms with Crippen LogP contribution in [0.3, 0.4) is 0 Å². The highest BCUT2D eigenvalue weighted by Gasteiger charge is 2.35. The van der Waals surface area contributed by atoms with Gasteiger partial charge in [0, 0.05) is 6.61 Å². The summed E-state index contributed by atoms with van der Waals surface area (Å²) in [4.78, 5) is 0. The molecule has 0 radical (unpaired) electrons. The van der Waals surface area contributed by atoms with Gasteiger partial charge in [-0.05, 0) is 118 Å². The Kier molecular flexibility index (Phi) is 10.4. The van der Waals surface area contributed by atoms with Crippen molar-refractivity contribution in [3.05, 3.63) is 59.2 Å². The van der Waals surface area contributed by atoms with Crippen molar-refractivity contribution < 1.29 is 23.0 Å². The summed E-state index contributed by atoms with van der Waals surface area (Å²) in [5, 5.41) is 0. The lowest BCUT2D eigenvalue weighted by Gasteiger charge is -2.42. The van der Waals surface area contributed by atoms with Gasteiger partial charge in [0.15, 0.2) is 11.5 Å². The second kappa shape index (κ2) is 14.2. The zero-order chi connectivity index (χ0) is 27.9. The summed E-state index contributed by atoms with van der Waals surface area (Å²) in [5.41, 5.74) is 2.28. The van der Waals surface area contributed by atoms with Gasteiger partial charge in [-0.15, -0.1) is 0 Å². The molecule has 3 fully saturated rings. The number of halogens is 2. The first-order chi connectivity index (χ1) is 19.5. The number of ether oxygens (including phenoxy) is 3. The molecule has 4 atom stereocenters. The number of benzene rings is 2. The minimum absolute atomic E-state index is 0.0937. The van der Waals surface area contributed by atoms with E-state index in [0.29, 0.717) is 12.0 Å². The van der Waals surface area contributed by atoms with E-state index in [1.807, 2.05) is 12.1 Å². The molecule has 0 heterocycles. The maximum atomic E-state index is 14.3. The van der Waals surface area contributed by atoms with E-state index in [-0.39, 0.29) is 24.7 Å². The first-order valence-corrected chi connectivity index (χ1v) is 16.0. The summed E-state index contributed by atoms with van der Waals surface area (Å²) in [5.74, 6) is 2.06. The fourth-order valence-electron chi connectivity index (χ4n) is 7.68. The Labute approximate surface area is 240 Å². The van der Waals surface area contributed by atoms with Gasteiger partial charge in [0.05, 0.1) is 12.7 Å². The molecular formula is C35H48F2O3. The summed E-state index contributed by atoms with van der Waals surface area (Å²) >= 11 is 0. The summed E-state index contributed by atoms with van der Waals surface area (Å²) in [6, 6.07) is 11.2. The van der Waals surface area contributed by atoms with Gasteiger partial charge in [-0.2, -0.15) is 8.78 Å². The third-order valence-corrected chi connectivity index (χ3v) is 9.93. The molecule has 3 saturated carbocycles. The minimum Gasteiger partial charge on any atom is -0.491 e. The third kappa shape index (κ3) is 7.38. The lowest BCUT2D eigenvalue weighted by Crippen LogP contribution is -2.33. The Morgan fingerprint density at radius 2 is 1.32 bits per heavy atom. The van der Waals surface area contributed by atoms with E-state index in [4.69, 9.17) is 14.2 Å². The molecule has 5 rings (SSSR count). The highest BCUT2D eigenvalue weighted by molar-refractivity contribution is 5.35. The van der Waals surface area contributed by atoms with Crippen LogP contribution in [-0.2, 0) is 11.3 Å². The van der Waals surface area contributed by atoms with Crippen molar-refractivity contribution in [2.75, 3.05) is 13.2 Å². The average Bonchev–Trinajstić information content (AvgIpc) is 2.99. The van der Waals surface area contributed by atoms with E-state index in [2.05, 4.69) is 19.1 Å². The van der Waals surface area contributed by atoms with Crippen LogP contribution in [0, 0.1) is 35.3 Å². The molecule has 5 heteroatoms. The third-order valence-electron chi connectivity index (χ3n) is 9.93. The molecule has 0 aromatic heterocycles. The topological polar surface area (TPSA) is 27.7 Å². The van der Waals surface area contributed by atoms with E-state index in [1.165, 1.54) is 69.1 Å². The predicted molar refractivity (Wildman–Crippen MR) is 156 cm³/mol. The van der Waals surface area contributed by atoms with Gasteiger partial charge in [-0.25, -0.2) is 0 Å². The van der Waals surface area contributed by atoms with Gasteiger partial charge in [0.25, 0.3) is 0 Å². The second-order valence-electron chi connectivity index (χ2n) is 12.6. The van der Waals surface area contributed by atoms with Gasteiger partial charge < -0.3 is 14.2 Å². The summed E-state index contributed by atoms with van der Waals surface area (Å²) < 4.78 is 45.6. The summed E-state index contributed by atoms with van der Waals surface area (Å²) in [6.45, 7) is 5.49. The smallest absolute Gasteiger partial charge is 0.204 e. The van der Waals surface area contributed by atoms with E-state index in [0.717, 1.165) is 61.5 Å². The van der Waals surface area contributed by atoms with Crippen LogP contribution in [0.15, 0.2) is 36.4 Å². The monoisotopic (exact) mass is 554 g/mol. The molecule has 4 unspecified atom stereocenters. The summed E-state index contributed by atoms with van der Waals surface area (Å²) in [7, 11) is 0. The van der Waals surface area contributed by atoms with Gasteiger partial charge in [-0.3, -0.25) is 0 Å². The zero-order valence-corrected chi connectivity index (χ0v) is 24.5. The van der Waals surface area contributed by atoms with E-state index < -0.39 is 11.6 Å². The van der Waals surface area contributed by atoms with Crippen LogP contribution < -0.4 is 9.47 Å². The van der Waals surface area contributed by atoms with Crippen molar-refractivity contribution in [1.29, 1.82) is 0 Å². The van der Waals surface area contributed by atoms with E-state index in [9.17, 15) is 8.78 Å². The molecule has 0 aliphatic heterocycles. The van der Waals surface area contributed by atoms with Crippen molar-refractivity contribution in [3.8, 4) is 11.5 Å². The zero-order valence-electron chi connectivity index (χ0n) is 24.5. The van der Waals surface area contributed by atoms with Crippen LogP contribution in [0.1, 0.15) is 108 Å². The Morgan fingerprint density at radius 3 is 1.98 bits per heavy atom. The number of hydrogen-bond donors (Lipinski definition) is 0. The molecule has 2 aromatic rings. The maximum absolute atomic E-state index is 14.3. The summed E-state index contributed by atoms with van der Waals surface area (Å²) in [6.07, 6.45) is 16.4. The molecular weight excluding hydrogens is 506 g/mol. The second-order valence-corrected chi connectivity index (χ2v) is 12.6. The Balaban J connectivity index is 1.02. The molecule has 0 spiro atoms. The first-order valence-electron chi connectivity index (χ1n) is 16.0. The molecule has 3 aliphatic carbocycles. The van der Waals surface area contributed by atoms with Crippen LogP contribution in [-0.4, -0.2) is 19.3 Å². The van der Waals surface area contributed by atoms with E-state index in [1.54, 1.807) is 6.92 Å². The predicted octanol–water partition coefficient (Wildman–Crippen LogP) is 9.62. The quantitative estimate of drug-likeness (QED) is 0.277. The van der Waals surface area contributed by atoms with Gasteiger partial charge in [-0.1, -0.05) is 50.5 Å². The molecule has 0 N–H and O–H groups in total. The number of fused-ring (bicyclic) bond motifs is 1. The Bertz CT molecular complexity index is 1060. The van der Waals surface area contributed by atoms with Crippen molar-refractivity contribution in [3.63, 3.8) is 0 Å². The van der Waals surface area contributed by atoms with Crippen molar-refractivity contribution in [2.24, 2.45) is 23.7 Å². The van der Waals surface area contributed by atoms with Crippen LogP contribution in [0.5, 0.6) is 11.5 Å². The highest BCUT2D eigenvalue weighted by atomic mass is 19.2. The maximum Gasteiger partial charge on any atom is 0.204 e. The highest BCUT2D eigenvalue weighted by Crippen LogP contribution is 2.46. The number of hydrogen-bond acceptors (Lipinski definition) is 3. The van der Waals surface area contributed by atoms with Gasteiger partial charge >= 0.3 is 0 Å². The Hall–Kier alpha value is -2.14. The molecule has 3 aliphatic rings. The largest absolute Gasteiger partial charge is 0.491 e. The van der Waals surface area contributed by atoms with Crippen LogP contribution in [0.4, 0.5) is 8.78 Å². The fourth-order valence-corrected chi connectivity index (χ4v) is 7.68.